The maximum atomic E-state index is 6.39. The molecule has 21 heavy (non-hydrogen) atoms. The number of hydrogen-bond donors (Lipinski definition) is 1. The van der Waals surface area contributed by atoms with Gasteiger partial charge in [-0.3, -0.25) is 0 Å². The van der Waals surface area contributed by atoms with Crippen molar-refractivity contribution in [2.24, 2.45) is 5.73 Å². The van der Waals surface area contributed by atoms with E-state index in [1.165, 1.54) is 24.0 Å². The summed E-state index contributed by atoms with van der Waals surface area (Å²) in [4.78, 5) is 4.63. The zero-order chi connectivity index (χ0) is 14.3. The first kappa shape index (κ1) is 13.0. The van der Waals surface area contributed by atoms with Crippen LogP contribution in [0.4, 0.5) is 0 Å². The lowest BCUT2D eigenvalue weighted by molar-refractivity contribution is 0.326. The molecule has 1 aromatic heterocycles. The minimum atomic E-state index is -0.123. The third-order valence-corrected chi connectivity index (χ3v) is 5.00. The van der Waals surface area contributed by atoms with Gasteiger partial charge < -0.3 is 10.3 Å². The van der Waals surface area contributed by atoms with E-state index in [-0.39, 0.29) is 5.54 Å². The summed E-state index contributed by atoms with van der Waals surface area (Å²) < 4.78 is 5.46. The van der Waals surface area contributed by atoms with Gasteiger partial charge in [-0.05, 0) is 36.8 Å². The second-order valence-corrected chi connectivity index (χ2v) is 6.67. The highest BCUT2D eigenvalue weighted by Crippen LogP contribution is 2.33. The Balaban J connectivity index is 1.48. The summed E-state index contributed by atoms with van der Waals surface area (Å²) in [6.07, 6.45) is 7.33. The average Bonchev–Trinajstić information content (AvgIpc) is 3.17. The third-order valence-electron chi connectivity index (χ3n) is 5.00. The van der Waals surface area contributed by atoms with Crippen molar-refractivity contribution >= 4 is 0 Å². The lowest BCUT2D eigenvalue weighted by atomic mass is 9.95. The SMILES string of the molecule is NC1(Cc2nc(C3Cc4ccccc4C3)no2)CCCC1. The fourth-order valence-electron chi connectivity index (χ4n) is 3.80. The van der Waals surface area contributed by atoms with E-state index >= 15 is 0 Å². The lowest BCUT2D eigenvalue weighted by Gasteiger charge is -2.20. The zero-order valence-corrected chi connectivity index (χ0v) is 12.2. The van der Waals surface area contributed by atoms with Crippen LogP contribution < -0.4 is 5.73 Å². The van der Waals surface area contributed by atoms with E-state index in [2.05, 4.69) is 34.4 Å². The van der Waals surface area contributed by atoms with Crippen LogP contribution in [0.25, 0.3) is 0 Å². The monoisotopic (exact) mass is 283 g/mol. The van der Waals surface area contributed by atoms with Crippen LogP contribution in [0.5, 0.6) is 0 Å². The van der Waals surface area contributed by atoms with Crippen molar-refractivity contribution in [1.29, 1.82) is 0 Å². The van der Waals surface area contributed by atoms with Crippen LogP contribution in [-0.4, -0.2) is 15.7 Å². The molecule has 0 aliphatic heterocycles. The Labute approximate surface area is 124 Å². The number of nitrogens with zero attached hydrogens (tertiary/aromatic N) is 2. The van der Waals surface area contributed by atoms with E-state index < -0.39 is 0 Å². The molecule has 1 aromatic carbocycles. The van der Waals surface area contributed by atoms with Crippen molar-refractivity contribution in [2.45, 2.75) is 56.4 Å². The van der Waals surface area contributed by atoms with Gasteiger partial charge in [-0.1, -0.05) is 42.3 Å². The number of aromatic nitrogens is 2. The van der Waals surface area contributed by atoms with Crippen LogP contribution in [0, 0.1) is 0 Å². The van der Waals surface area contributed by atoms with Crippen molar-refractivity contribution in [3.63, 3.8) is 0 Å². The highest BCUT2D eigenvalue weighted by molar-refractivity contribution is 5.34. The largest absolute Gasteiger partial charge is 0.339 e. The maximum absolute atomic E-state index is 6.39. The van der Waals surface area contributed by atoms with Crippen LogP contribution in [0.3, 0.4) is 0 Å². The van der Waals surface area contributed by atoms with Crippen LogP contribution in [0.2, 0.25) is 0 Å². The summed E-state index contributed by atoms with van der Waals surface area (Å²) in [7, 11) is 0. The molecule has 4 rings (SSSR count). The minimum absolute atomic E-state index is 0.123. The van der Waals surface area contributed by atoms with Gasteiger partial charge in [0.2, 0.25) is 5.89 Å². The second kappa shape index (κ2) is 4.95. The molecule has 4 nitrogen and oxygen atoms in total. The van der Waals surface area contributed by atoms with E-state index in [0.717, 1.165) is 37.9 Å². The normalized spacial score (nSPS) is 20.8. The lowest BCUT2D eigenvalue weighted by Crippen LogP contribution is -2.38. The molecular weight excluding hydrogens is 262 g/mol. The third kappa shape index (κ3) is 2.48. The van der Waals surface area contributed by atoms with Gasteiger partial charge in [-0.15, -0.1) is 0 Å². The van der Waals surface area contributed by atoms with Gasteiger partial charge in [-0.2, -0.15) is 4.98 Å². The number of fused-ring (bicyclic) bond motifs is 1. The van der Waals surface area contributed by atoms with Crippen molar-refractivity contribution < 1.29 is 4.52 Å². The first-order chi connectivity index (χ1) is 10.2. The highest BCUT2D eigenvalue weighted by Gasteiger charge is 2.33. The Kier molecular flexibility index (Phi) is 3.07. The molecule has 1 saturated carbocycles. The van der Waals surface area contributed by atoms with Gasteiger partial charge in [-0.25, -0.2) is 0 Å². The van der Waals surface area contributed by atoms with E-state index in [9.17, 15) is 0 Å². The molecule has 4 heteroatoms. The molecule has 0 saturated heterocycles. The summed E-state index contributed by atoms with van der Waals surface area (Å²) >= 11 is 0. The topological polar surface area (TPSA) is 64.9 Å². The Bertz CT molecular complexity index is 618. The van der Waals surface area contributed by atoms with Crippen LogP contribution >= 0.6 is 0 Å². The highest BCUT2D eigenvalue weighted by atomic mass is 16.5. The molecule has 0 atom stereocenters. The molecule has 1 fully saturated rings. The zero-order valence-electron chi connectivity index (χ0n) is 12.2. The van der Waals surface area contributed by atoms with E-state index in [4.69, 9.17) is 10.3 Å². The van der Waals surface area contributed by atoms with Crippen molar-refractivity contribution in [2.75, 3.05) is 0 Å². The van der Waals surface area contributed by atoms with E-state index in [1.54, 1.807) is 0 Å². The Morgan fingerprint density at radius 2 is 1.81 bits per heavy atom. The predicted molar refractivity (Wildman–Crippen MR) is 80.0 cm³/mol. The molecule has 110 valence electrons. The van der Waals surface area contributed by atoms with Gasteiger partial charge in [0.15, 0.2) is 5.82 Å². The second-order valence-electron chi connectivity index (χ2n) is 6.67. The molecule has 2 N–H and O–H groups in total. The fourth-order valence-corrected chi connectivity index (χ4v) is 3.80. The van der Waals surface area contributed by atoms with Crippen LogP contribution in [0.15, 0.2) is 28.8 Å². The van der Waals surface area contributed by atoms with E-state index in [1.807, 2.05) is 0 Å². The van der Waals surface area contributed by atoms with Gasteiger partial charge in [0, 0.05) is 17.9 Å². The van der Waals surface area contributed by atoms with Crippen molar-refractivity contribution in [1.82, 2.24) is 10.1 Å². The molecule has 0 spiro atoms. The summed E-state index contributed by atoms with van der Waals surface area (Å²) in [5, 5.41) is 4.21. The smallest absolute Gasteiger partial charge is 0.228 e. The van der Waals surface area contributed by atoms with Crippen LogP contribution in [0.1, 0.15) is 54.4 Å². The molecule has 1 heterocycles. The summed E-state index contributed by atoms with van der Waals surface area (Å²) in [6.45, 7) is 0. The molecule has 0 bridgehead atoms. The standard InChI is InChI=1S/C17H21N3O/c18-17(7-3-4-8-17)11-15-19-16(20-21-15)14-9-12-5-1-2-6-13(12)10-14/h1-2,5-6,14H,3-4,7-11,18H2. The fraction of sp³-hybridized carbons (Fsp3) is 0.529. The van der Waals surface area contributed by atoms with Gasteiger partial charge in [0.05, 0.1) is 0 Å². The molecule has 2 aromatic rings. The first-order valence-electron chi connectivity index (χ1n) is 7.90. The van der Waals surface area contributed by atoms with E-state index in [0.29, 0.717) is 11.8 Å². The quantitative estimate of drug-likeness (QED) is 0.940. The summed E-state index contributed by atoms with van der Waals surface area (Å²) in [6, 6.07) is 8.59. The number of hydrogen-bond acceptors (Lipinski definition) is 4. The molecule has 0 radical (unpaired) electrons. The number of benzene rings is 1. The summed E-state index contributed by atoms with van der Waals surface area (Å²) in [5.41, 5.74) is 9.11. The van der Waals surface area contributed by atoms with Crippen molar-refractivity contribution in [3.8, 4) is 0 Å². The van der Waals surface area contributed by atoms with Gasteiger partial charge in [0.1, 0.15) is 0 Å². The summed E-state index contributed by atoms with van der Waals surface area (Å²) in [5.74, 6) is 1.92. The van der Waals surface area contributed by atoms with Gasteiger partial charge in [0.25, 0.3) is 0 Å². The molecule has 2 aliphatic rings. The minimum Gasteiger partial charge on any atom is -0.339 e. The number of rotatable bonds is 3. The Hall–Kier alpha value is -1.68. The first-order valence-corrected chi connectivity index (χ1v) is 7.90. The Morgan fingerprint density at radius 1 is 1.14 bits per heavy atom. The average molecular weight is 283 g/mol. The van der Waals surface area contributed by atoms with Gasteiger partial charge >= 0.3 is 0 Å². The molecular formula is C17H21N3O. The van der Waals surface area contributed by atoms with Crippen LogP contribution in [-0.2, 0) is 19.3 Å². The Morgan fingerprint density at radius 3 is 2.48 bits per heavy atom. The predicted octanol–water partition coefficient (Wildman–Crippen LogP) is 2.77. The molecule has 0 amide bonds. The number of nitrogens with two attached hydrogens (primary N) is 1. The molecule has 2 aliphatic carbocycles. The maximum Gasteiger partial charge on any atom is 0.228 e. The molecule has 0 unspecified atom stereocenters. The van der Waals surface area contributed by atoms with Crippen molar-refractivity contribution in [3.05, 3.63) is 47.1 Å².